The summed E-state index contributed by atoms with van der Waals surface area (Å²) in [5, 5.41) is 0. The fourth-order valence-corrected chi connectivity index (χ4v) is 7.46. The lowest BCUT2D eigenvalue weighted by Crippen LogP contribution is -2.62. The molecule has 2 fully saturated rings. The molecule has 2 aliphatic rings. The predicted molar refractivity (Wildman–Crippen MR) is 159 cm³/mol. The Hall–Kier alpha value is -3.62. The monoisotopic (exact) mass is 726 g/mol. The Labute approximate surface area is 283 Å². The van der Waals surface area contributed by atoms with Gasteiger partial charge in [-0.3, -0.25) is 38.4 Å². The van der Waals surface area contributed by atoms with Crippen molar-refractivity contribution in [3.63, 3.8) is 0 Å². The Bertz CT molecular complexity index is 1130. The molecular weight excluding hydrogens is 688 g/mol. The largest absolute Gasteiger partial charge is 0.463 e. The van der Waals surface area contributed by atoms with Gasteiger partial charge in [-0.1, -0.05) is 21.6 Å². The predicted octanol–water partition coefficient (Wildman–Crippen LogP) is 0.534. The molecule has 10 atom stereocenters. The third kappa shape index (κ3) is 12.8. The molecule has 2 heterocycles. The number of esters is 8. The third-order valence-electron chi connectivity index (χ3n) is 6.14. The highest BCUT2D eigenvalue weighted by atomic mass is 33.1. The van der Waals surface area contributed by atoms with Crippen LogP contribution in [0.4, 0.5) is 0 Å². The van der Waals surface area contributed by atoms with Crippen LogP contribution < -0.4 is 0 Å². The van der Waals surface area contributed by atoms with Crippen molar-refractivity contribution in [2.75, 3.05) is 13.2 Å². The van der Waals surface area contributed by atoms with Crippen LogP contribution in [0.5, 0.6) is 0 Å². The Kier molecular flexibility index (Phi) is 15.9. The molecule has 48 heavy (non-hydrogen) atoms. The van der Waals surface area contributed by atoms with E-state index in [4.69, 9.17) is 47.4 Å². The first kappa shape index (κ1) is 40.6. The van der Waals surface area contributed by atoms with Crippen molar-refractivity contribution in [2.24, 2.45) is 0 Å². The van der Waals surface area contributed by atoms with Gasteiger partial charge in [0.1, 0.15) is 25.4 Å². The zero-order valence-electron chi connectivity index (χ0n) is 27.4. The van der Waals surface area contributed by atoms with E-state index in [1.807, 2.05) is 0 Å². The van der Waals surface area contributed by atoms with Crippen molar-refractivity contribution in [3.8, 4) is 0 Å². The third-order valence-corrected chi connectivity index (χ3v) is 8.86. The minimum Gasteiger partial charge on any atom is -0.463 e. The quantitative estimate of drug-likeness (QED) is 0.143. The molecule has 0 spiro atoms. The van der Waals surface area contributed by atoms with Gasteiger partial charge in [0.15, 0.2) is 47.5 Å². The topological polar surface area (TPSA) is 229 Å². The molecule has 0 bridgehead atoms. The molecule has 0 saturated carbocycles. The zero-order valence-corrected chi connectivity index (χ0v) is 29.0. The first-order chi connectivity index (χ1) is 22.4. The summed E-state index contributed by atoms with van der Waals surface area (Å²) in [5.74, 6) is -6.37. The maximum atomic E-state index is 12.2. The molecule has 0 aromatic heterocycles. The van der Waals surface area contributed by atoms with E-state index < -0.39 is 121 Å². The second-order valence-corrected chi connectivity index (χ2v) is 12.8. The average Bonchev–Trinajstić information content (AvgIpc) is 2.93. The Morgan fingerprint density at radius 2 is 0.646 bits per heavy atom. The zero-order chi connectivity index (χ0) is 36.3. The van der Waals surface area contributed by atoms with Gasteiger partial charge in [-0.15, -0.1) is 0 Å². The first-order valence-corrected chi connectivity index (χ1v) is 16.6. The Balaban J connectivity index is 2.57. The average molecular weight is 727 g/mol. The van der Waals surface area contributed by atoms with Crippen molar-refractivity contribution < 1.29 is 85.7 Å². The minimum atomic E-state index is -1.46. The van der Waals surface area contributed by atoms with E-state index in [-0.39, 0.29) is 0 Å². The number of carbonyl (C=O) groups excluding carboxylic acids is 8. The van der Waals surface area contributed by atoms with E-state index in [1.54, 1.807) is 0 Å². The van der Waals surface area contributed by atoms with Gasteiger partial charge in [-0.05, 0) is 0 Å². The molecule has 0 aromatic carbocycles. The van der Waals surface area contributed by atoms with Gasteiger partial charge < -0.3 is 47.4 Å². The molecule has 20 heteroatoms. The van der Waals surface area contributed by atoms with Crippen LogP contribution in [0.2, 0.25) is 0 Å². The van der Waals surface area contributed by atoms with Crippen molar-refractivity contribution in [1.82, 2.24) is 0 Å². The molecule has 0 aromatic rings. The van der Waals surface area contributed by atoms with Crippen LogP contribution in [-0.2, 0) is 85.7 Å². The highest BCUT2D eigenvalue weighted by Crippen LogP contribution is 2.45. The normalized spacial score (nSPS) is 29.7. The van der Waals surface area contributed by atoms with E-state index >= 15 is 0 Å². The summed E-state index contributed by atoms with van der Waals surface area (Å²) >= 11 is 0. The SMILES string of the molecule is CC(=O)OC[C@@H]1O[C@H](SS[C@@H]2O[C@@H](COC(C)=O)[C@@H](OC(C)=O)[C@H](OC(C)=O)[C@@H]2OC(C)=O)[C@H](OC(C)=O)[C@H](OC(C)=O)[C@@H]1OC(C)=O. The van der Waals surface area contributed by atoms with E-state index in [1.165, 1.54) is 0 Å². The molecular formula is C28H38O18S2. The molecule has 18 nitrogen and oxygen atoms in total. The van der Waals surface area contributed by atoms with Crippen molar-refractivity contribution >= 4 is 69.3 Å². The number of ether oxygens (including phenoxy) is 10. The second-order valence-electron chi connectivity index (χ2n) is 10.3. The van der Waals surface area contributed by atoms with E-state index in [9.17, 15) is 38.4 Å². The maximum Gasteiger partial charge on any atom is 0.303 e. The number of rotatable bonds is 13. The Morgan fingerprint density at radius 1 is 0.396 bits per heavy atom. The van der Waals surface area contributed by atoms with Crippen molar-refractivity contribution in [2.45, 2.75) is 115 Å². The summed E-state index contributed by atoms with van der Waals surface area (Å²) in [5.41, 5.74) is -2.55. The molecule has 2 rings (SSSR count). The maximum absolute atomic E-state index is 12.2. The van der Waals surface area contributed by atoms with Gasteiger partial charge >= 0.3 is 47.8 Å². The fraction of sp³-hybridized carbons (Fsp3) is 0.714. The summed E-state index contributed by atoms with van der Waals surface area (Å²) < 4.78 is 54.9. The van der Waals surface area contributed by atoms with Gasteiger partial charge in [0, 0.05) is 55.4 Å². The van der Waals surface area contributed by atoms with Gasteiger partial charge in [0.25, 0.3) is 0 Å². The van der Waals surface area contributed by atoms with Crippen LogP contribution >= 0.6 is 21.6 Å². The number of carbonyl (C=O) groups is 8. The van der Waals surface area contributed by atoms with Crippen molar-refractivity contribution in [1.29, 1.82) is 0 Å². The van der Waals surface area contributed by atoms with Crippen LogP contribution in [0.25, 0.3) is 0 Å². The summed E-state index contributed by atoms with van der Waals surface area (Å²) in [6.45, 7) is 7.75. The molecule has 0 unspecified atom stereocenters. The smallest absolute Gasteiger partial charge is 0.303 e. The Morgan fingerprint density at radius 3 is 0.896 bits per heavy atom. The lowest BCUT2D eigenvalue weighted by Gasteiger charge is -2.46. The molecule has 2 aliphatic heterocycles. The fourth-order valence-electron chi connectivity index (χ4n) is 4.64. The first-order valence-electron chi connectivity index (χ1n) is 14.3. The lowest BCUT2D eigenvalue weighted by molar-refractivity contribution is -0.238. The van der Waals surface area contributed by atoms with Gasteiger partial charge in [-0.25, -0.2) is 0 Å². The number of hydrogen-bond acceptors (Lipinski definition) is 20. The van der Waals surface area contributed by atoms with Gasteiger partial charge in [0.05, 0.1) is 0 Å². The summed E-state index contributed by atoms with van der Waals surface area (Å²) in [6.07, 6.45) is -11.1. The summed E-state index contributed by atoms with van der Waals surface area (Å²) in [6, 6.07) is 0. The molecule has 270 valence electrons. The van der Waals surface area contributed by atoms with Gasteiger partial charge in [-0.2, -0.15) is 0 Å². The van der Waals surface area contributed by atoms with Gasteiger partial charge in [0.2, 0.25) is 0 Å². The highest BCUT2D eigenvalue weighted by molar-refractivity contribution is 8.77. The van der Waals surface area contributed by atoms with Crippen LogP contribution in [-0.4, -0.2) is 121 Å². The van der Waals surface area contributed by atoms with Crippen LogP contribution in [0.1, 0.15) is 55.4 Å². The molecule has 2 saturated heterocycles. The van der Waals surface area contributed by atoms with E-state index in [2.05, 4.69) is 0 Å². The second kappa shape index (κ2) is 18.8. The van der Waals surface area contributed by atoms with Crippen LogP contribution in [0.3, 0.4) is 0 Å². The van der Waals surface area contributed by atoms with Crippen molar-refractivity contribution in [3.05, 3.63) is 0 Å². The van der Waals surface area contributed by atoms with E-state index in [0.29, 0.717) is 0 Å². The molecule has 0 amide bonds. The molecule has 0 aliphatic carbocycles. The van der Waals surface area contributed by atoms with E-state index in [0.717, 1.165) is 77.0 Å². The highest BCUT2D eigenvalue weighted by Gasteiger charge is 2.55. The molecule has 0 radical (unpaired) electrons. The molecule has 0 N–H and O–H groups in total. The van der Waals surface area contributed by atoms with Crippen LogP contribution in [0, 0.1) is 0 Å². The standard InChI is InChI=1S/C28H38O18S2/c1-11(29)37-9-19-21(39-13(3)31)23(41-15(5)33)25(43-17(7)35)27(45-19)47-48-28-26(44-18(8)36)24(42-16(6)34)22(40-14(4)32)20(46-28)10-38-12(2)30/h19-28H,9-10H2,1-8H3/t19-,20-,21+,22+,23-,24+,25-,26+,27-,28+/m0/s1. The van der Waals surface area contributed by atoms with Crippen LogP contribution in [0.15, 0.2) is 0 Å². The summed E-state index contributed by atoms with van der Waals surface area (Å²) in [7, 11) is 1.62. The minimum absolute atomic E-state index is 0.474. The number of hydrogen-bond donors (Lipinski definition) is 0. The summed E-state index contributed by atoms with van der Waals surface area (Å²) in [4.78, 5) is 96.1. The lowest BCUT2D eigenvalue weighted by atomic mass is 9.99.